The van der Waals surface area contributed by atoms with Gasteiger partial charge in [-0.15, -0.1) is 0 Å². The van der Waals surface area contributed by atoms with E-state index in [0.717, 1.165) is 4.47 Å². The normalized spacial score (nSPS) is 10.1. The van der Waals surface area contributed by atoms with Gasteiger partial charge in [-0.25, -0.2) is 0 Å². The molecule has 0 aliphatic rings. The number of hydrogen-bond acceptors (Lipinski definition) is 3. The second-order valence-corrected chi connectivity index (χ2v) is 4.80. The molecule has 0 bridgehead atoms. The van der Waals surface area contributed by atoms with Gasteiger partial charge >= 0.3 is 5.97 Å². The van der Waals surface area contributed by atoms with Crippen LogP contribution in [-0.2, 0) is 4.79 Å². The Morgan fingerprint density at radius 2 is 2.24 bits per heavy atom. The minimum atomic E-state index is -0.914. The number of carbonyl (C=O) groups is 1. The first kappa shape index (κ1) is 13.5. The monoisotopic (exact) mass is 296 g/mol. The van der Waals surface area contributed by atoms with Crippen molar-refractivity contribution in [2.24, 2.45) is 0 Å². The van der Waals surface area contributed by atoms with Crippen LogP contribution in [0.1, 0.15) is 19.4 Å². The second kappa shape index (κ2) is 5.69. The summed E-state index contributed by atoms with van der Waals surface area (Å²) in [6.45, 7) is 3.67. The molecule has 0 atom stereocenters. The van der Waals surface area contributed by atoms with E-state index in [1.54, 1.807) is 23.1 Å². The van der Waals surface area contributed by atoms with Crippen molar-refractivity contribution >= 4 is 27.6 Å². The van der Waals surface area contributed by atoms with Crippen molar-refractivity contribution in [3.63, 3.8) is 0 Å². The summed E-state index contributed by atoms with van der Waals surface area (Å²) in [6.07, 6.45) is 0. The lowest BCUT2D eigenvalue weighted by Crippen LogP contribution is -2.36. The summed E-state index contributed by atoms with van der Waals surface area (Å²) in [7, 11) is 0. The molecule has 4 nitrogen and oxygen atoms in total. The fraction of sp³-hybridized carbons (Fsp3) is 0.333. The lowest BCUT2D eigenvalue weighted by atomic mass is 10.1. The van der Waals surface area contributed by atoms with Gasteiger partial charge < -0.3 is 10.0 Å². The highest BCUT2D eigenvalue weighted by molar-refractivity contribution is 9.10. The molecule has 1 rings (SSSR count). The van der Waals surface area contributed by atoms with Crippen LogP contribution in [0.15, 0.2) is 22.7 Å². The highest BCUT2D eigenvalue weighted by atomic mass is 79.9. The number of nitriles is 1. The van der Waals surface area contributed by atoms with Crippen molar-refractivity contribution in [1.82, 2.24) is 0 Å². The molecule has 0 unspecified atom stereocenters. The maximum absolute atomic E-state index is 10.8. The lowest BCUT2D eigenvalue weighted by Gasteiger charge is -2.28. The first-order valence-corrected chi connectivity index (χ1v) is 5.93. The number of halogens is 1. The van der Waals surface area contributed by atoms with Gasteiger partial charge in [-0.05, 0) is 32.0 Å². The van der Waals surface area contributed by atoms with E-state index in [0.29, 0.717) is 11.3 Å². The third-order valence-electron chi connectivity index (χ3n) is 2.32. The van der Waals surface area contributed by atoms with Gasteiger partial charge in [0.2, 0.25) is 0 Å². The van der Waals surface area contributed by atoms with Crippen LogP contribution in [-0.4, -0.2) is 23.7 Å². The predicted molar refractivity (Wildman–Crippen MR) is 69.0 cm³/mol. The highest BCUT2D eigenvalue weighted by Gasteiger charge is 2.17. The van der Waals surface area contributed by atoms with Crippen molar-refractivity contribution in [2.75, 3.05) is 11.4 Å². The molecule has 0 amide bonds. The van der Waals surface area contributed by atoms with E-state index in [9.17, 15) is 4.79 Å². The van der Waals surface area contributed by atoms with Gasteiger partial charge in [-0.1, -0.05) is 15.9 Å². The Kier molecular flexibility index (Phi) is 4.53. The zero-order valence-electron chi connectivity index (χ0n) is 9.64. The summed E-state index contributed by atoms with van der Waals surface area (Å²) in [4.78, 5) is 12.5. The summed E-state index contributed by atoms with van der Waals surface area (Å²) >= 11 is 3.33. The molecule has 0 saturated heterocycles. The molecule has 0 heterocycles. The average molecular weight is 297 g/mol. The number of nitrogens with zero attached hydrogens (tertiary/aromatic N) is 2. The lowest BCUT2D eigenvalue weighted by molar-refractivity contribution is -0.135. The molecule has 1 N–H and O–H groups in total. The van der Waals surface area contributed by atoms with Gasteiger partial charge in [0.25, 0.3) is 0 Å². The maximum Gasteiger partial charge on any atom is 0.323 e. The molecule has 0 aliphatic heterocycles. The number of carboxylic acids is 1. The van der Waals surface area contributed by atoms with Crippen LogP contribution in [0.2, 0.25) is 0 Å². The molecule has 0 radical (unpaired) electrons. The Morgan fingerprint density at radius 3 is 2.71 bits per heavy atom. The summed E-state index contributed by atoms with van der Waals surface area (Å²) in [5, 5.41) is 17.9. The third kappa shape index (κ3) is 3.46. The Morgan fingerprint density at radius 1 is 1.59 bits per heavy atom. The van der Waals surface area contributed by atoms with E-state index in [4.69, 9.17) is 10.4 Å². The van der Waals surface area contributed by atoms with Gasteiger partial charge in [0.15, 0.2) is 0 Å². The molecule has 0 saturated carbocycles. The molecular weight excluding hydrogens is 284 g/mol. The zero-order valence-corrected chi connectivity index (χ0v) is 11.2. The fourth-order valence-electron chi connectivity index (χ4n) is 1.53. The molecule has 1 aromatic carbocycles. The summed E-state index contributed by atoms with van der Waals surface area (Å²) in [6, 6.07) is 7.29. The molecule has 17 heavy (non-hydrogen) atoms. The first-order valence-electron chi connectivity index (χ1n) is 5.13. The van der Waals surface area contributed by atoms with Gasteiger partial charge in [0.1, 0.15) is 12.6 Å². The van der Waals surface area contributed by atoms with Gasteiger partial charge in [0.05, 0.1) is 11.3 Å². The van der Waals surface area contributed by atoms with Crippen molar-refractivity contribution in [1.29, 1.82) is 5.26 Å². The molecule has 5 heteroatoms. The standard InChI is InChI=1S/C12H13BrN2O2/c1-8(2)15(7-12(16)17)11-5-10(13)4-3-9(11)6-14/h3-5,8H,7H2,1-2H3,(H,16,17). The van der Waals surface area contributed by atoms with E-state index < -0.39 is 5.97 Å². The molecular formula is C12H13BrN2O2. The molecule has 0 fully saturated rings. The maximum atomic E-state index is 10.8. The SMILES string of the molecule is CC(C)N(CC(=O)O)c1cc(Br)ccc1C#N. The van der Waals surface area contributed by atoms with Crippen LogP contribution in [0.25, 0.3) is 0 Å². The number of aliphatic carboxylic acids is 1. The number of hydrogen-bond donors (Lipinski definition) is 1. The average Bonchev–Trinajstić information content (AvgIpc) is 2.25. The summed E-state index contributed by atoms with van der Waals surface area (Å²) in [5.74, 6) is -0.914. The van der Waals surface area contributed by atoms with Crippen molar-refractivity contribution < 1.29 is 9.90 Å². The Hall–Kier alpha value is -1.54. The predicted octanol–water partition coefficient (Wildman–Crippen LogP) is 2.62. The number of carboxylic acid groups (broad SMARTS) is 1. The molecule has 1 aromatic rings. The Bertz CT molecular complexity index is 466. The zero-order chi connectivity index (χ0) is 13.0. The van der Waals surface area contributed by atoms with Crippen molar-refractivity contribution in [3.05, 3.63) is 28.2 Å². The quantitative estimate of drug-likeness (QED) is 0.928. The Balaban J connectivity index is 3.22. The second-order valence-electron chi connectivity index (χ2n) is 3.89. The van der Waals surface area contributed by atoms with Crippen LogP contribution in [0.5, 0.6) is 0 Å². The topological polar surface area (TPSA) is 64.3 Å². The van der Waals surface area contributed by atoms with Crippen LogP contribution < -0.4 is 4.90 Å². The largest absolute Gasteiger partial charge is 0.480 e. The molecule has 0 aliphatic carbocycles. The van der Waals surface area contributed by atoms with Gasteiger partial charge in [0, 0.05) is 10.5 Å². The minimum Gasteiger partial charge on any atom is -0.480 e. The van der Waals surface area contributed by atoms with E-state index in [1.807, 2.05) is 13.8 Å². The highest BCUT2D eigenvalue weighted by Crippen LogP contribution is 2.26. The molecule has 90 valence electrons. The number of rotatable bonds is 4. The van der Waals surface area contributed by atoms with E-state index in [1.165, 1.54) is 0 Å². The van der Waals surface area contributed by atoms with Crippen LogP contribution in [0.4, 0.5) is 5.69 Å². The number of benzene rings is 1. The van der Waals surface area contributed by atoms with Crippen molar-refractivity contribution in [3.8, 4) is 6.07 Å². The van der Waals surface area contributed by atoms with Gasteiger partial charge in [-0.3, -0.25) is 4.79 Å². The molecule has 0 spiro atoms. The molecule has 0 aromatic heterocycles. The minimum absolute atomic E-state index is 0.00694. The van der Waals surface area contributed by atoms with E-state index in [2.05, 4.69) is 22.0 Å². The van der Waals surface area contributed by atoms with Crippen LogP contribution in [0, 0.1) is 11.3 Å². The van der Waals surface area contributed by atoms with Crippen molar-refractivity contribution in [2.45, 2.75) is 19.9 Å². The summed E-state index contributed by atoms with van der Waals surface area (Å²) < 4.78 is 0.822. The summed E-state index contributed by atoms with van der Waals surface area (Å²) in [5.41, 5.74) is 1.11. The van der Waals surface area contributed by atoms with Crippen LogP contribution in [0.3, 0.4) is 0 Å². The smallest absolute Gasteiger partial charge is 0.323 e. The third-order valence-corrected chi connectivity index (χ3v) is 2.81. The number of anilines is 1. The van der Waals surface area contributed by atoms with Crippen LogP contribution >= 0.6 is 15.9 Å². The Labute approximate surface area is 109 Å². The van der Waals surface area contributed by atoms with Gasteiger partial charge in [-0.2, -0.15) is 5.26 Å². The fourth-order valence-corrected chi connectivity index (χ4v) is 1.88. The van der Waals surface area contributed by atoms with E-state index in [-0.39, 0.29) is 12.6 Å². The first-order chi connectivity index (χ1) is 7.95. The van der Waals surface area contributed by atoms with E-state index >= 15 is 0 Å².